The monoisotopic (exact) mass is 202 g/mol. The largest absolute Gasteiger partial charge is 0.0654 e. The topological polar surface area (TPSA) is 0 Å². The minimum Gasteiger partial charge on any atom is -0.0654 e. The van der Waals surface area contributed by atoms with Gasteiger partial charge in [-0.2, -0.15) is 0 Å². The van der Waals surface area contributed by atoms with Gasteiger partial charge >= 0.3 is 0 Å². The van der Waals surface area contributed by atoms with Crippen LogP contribution in [0.15, 0.2) is 30.3 Å². The van der Waals surface area contributed by atoms with Crippen LogP contribution in [-0.2, 0) is 0 Å². The summed E-state index contributed by atoms with van der Waals surface area (Å²) < 4.78 is 0. The maximum Gasteiger partial charge on any atom is -0.0133 e. The second-order valence-corrected chi connectivity index (χ2v) is 4.85. The molecule has 0 heterocycles. The van der Waals surface area contributed by atoms with Crippen LogP contribution in [0.25, 0.3) is 0 Å². The fourth-order valence-electron chi connectivity index (χ4n) is 2.71. The van der Waals surface area contributed by atoms with E-state index >= 15 is 0 Å². The number of rotatable bonds is 5. The summed E-state index contributed by atoms with van der Waals surface area (Å²) in [5, 5.41) is 0. The lowest BCUT2D eigenvalue weighted by atomic mass is 9.68. The first-order valence-corrected chi connectivity index (χ1v) is 6.46. The van der Waals surface area contributed by atoms with E-state index in [1.54, 1.807) is 5.56 Å². The molecule has 1 saturated carbocycles. The second kappa shape index (κ2) is 5.34. The lowest BCUT2D eigenvalue weighted by Gasteiger charge is -2.37. The van der Waals surface area contributed by atoms with Crippen molar-refractivity contribution in [3.63, 3.8) is 0 Å². The maximum atomic E-state index is 2.30. The summed E-state index contributed by atoms with van der Waals surface area (Å²) in [6.07, 6.45) is 8.53. The molecular formula is C15H22. The highest BCUT2D eigenvalue weighted by molar-refractivity contribution is 5.22. The fraction of sp³-hybridized carbons (Fsp3) is 0.600. The predicted octanol–water partition coefficient (Wildman–Crippen LogP) is 4.76. The molecule has 82 valence electrons. The van der Waals surface area contributed by atoms with E-state index in [0.717, 1.165) is 11.8 Å². The van der Waals surface area contributed by atoms with Crippen LogP contribution in [0, 0.1) is 5.92 Å². The molecule has 0 saturated heterocycles. The highest BCUT2D eigenvalue weighted by atomic mass is 14.4. The second-order valence-electron chi connectivity index (χ2n) is 4.85. The number of unbranched alkanes of at least 4 members (excludes halogenated alkanes) is 2. The molecule has 0 N–H and O–H groups in total. The molecule has 1 aliphatic carbocycles. The van der Waals surface area contributed by atoms with E-state index < -0.39 is 0 Å². The van der Waals surface area contributed by atoms with Crippen LogP contribution < -0.4 is 0 Å². The Morgan fingerprint density at radius 3 is 2.47 bits per heavy atom. The van der Waals surface area contributed by atoms with Crippen molar-refractivity contribution in [2.45, 2.75) is 51.4 Å². The van der Waals surface area contributed by atoms with E-state index in [2.05, 4.69) is 37.3 Å². The SMILES string of the molecule is CCCCCC1CCC1c1ccccc1. The van der Waals surface area contributed by atoms with Gasteiger partial charge in [-0.15, -0.1) is 0 Å². The molecule has 0 amide bonds. The van der Waals surface area contributed by atoms with Gasteiger partial charge in [-0.25, -0.2) is 0 Å². The molecule has 0 aromatic heterocycles. The number of benzene rings is 1. The smallest absolute Gasteiger partial charge is 0.0133 e. The van der Waals surface area contributed by atoms with Crippen LogP contribution in [0.5, 0.6) is 0 Å². The van der Waals surface area contributed by atoms with E-state index in [1.807, 2.05) is 0 Å². The Kier molecular flexibility index (Phi) is 3.82. The van der Waals surface area contributed by atoms with Gasteiger partial charge in [0.2, 0.25) is 0 Å². The molecule has 1 aliphatic rings. The Labute approximate surface area is 93.7 Å². The third-order valence-electron chi connectivity index (χ3n) is 3.82. The van der Waals surface area contributed by atoms with Crippen LogP contribution in [0.2, 0.25) is 0 Å². The predicted molar refractivity (Wildman–Crippen MR) is 66.0 cm³/mol. The van der Waals surface area contributed by atoms with Gasteiger partial charge in [-0.05, 0) is 36.7 Å². The summed E-state index contributed by atoms with van der Waals surface area (Å²) in [7, 11) is 0. The van der Waals surface area contributed by atoms with Crippen molar-refractivity contribution in [2.75, 3.05) is 0 Å². The summed E-state index contributed by atoms with van der Waals surface area (Å²) in [5.74, 6) is 1.86. The van der Waals surface area contributed by atoms with E-state index in [-0.39, 0.29) is 0 Å². The first kappa shape index (κ1) is 10.7. The van der Waals surface area contributed by atoms with Crippen molar-refractivity contribution in [1.29, 1.82) is 0 Å². The Bertz CT molecular complexity index is 275. The normalized spacial score (nSPS) is 24.9. The molecule has 2 unspecified atom stereocenters. The van der Waals surface area contributed by atoms with Crippen LogP contribution >= 0.6 is 0 Å². The number of hydrogen-bond donors (Lipinski definition) is 0. The van der Waals surface area contributed by atoms with E-state index in [4.69, 9.17) is 0 Å². The van der Waals surface area contributed by atoms with Crippen LogP contribution in [0.4, 0.5) is 0 Å². The van der Waals surface area contributed by atoms with Gasteiger partial charge in [-0.3, -0.25) is 0 Å². The Morgan fingerprint density at radius 2 is 1.87 bits per heavy atom. The van der Waals surface area contributed by atoms with Gasteiger partial charge in [0.25, 0.3) is 0 Å². The summed E-state index contributed by atoms with van der Waals surface area (Å²) in [5.41, 5.74) is 1.57. The summed E-state index contributed by atoms with van der Waals surface area (Å²) in [6, 6.07) is 11.1. The molecule has 1 fully saturated rings. The van der Waals surface area contributed by atoms with Gasteiger partial charge < -0.3 is 0 Å². The van der Waals surface area contributed by atoms with Crippen molar-refractivity contribution < 1.29 is 0 Å². The molecule has 2 rings (SSSR count). The third-order valence-corrected chi connectivity index (χ3v) is 3.82. The van der Waals surface area contributed by atoms with Crippen molar-refractivity contribution in [3.05, 3.63) is 35.9 Å². The zero-order valence-corrected chi connectivity index (χ0v) is 9.78. The minimum absolute atomic E-state index is 0.878. The Morgan fingerprint density at radius 1 is 1.07 bits per heavy atom. The van der Waals surface area contributed by atoms with Crippen molar-refractivity contribution in [3.8, 4) is 0 Å². The molecule has 0 radical (unpaired) electrons. The van der Waals surface area contributed by atoms with Gasteiger partial charge in [0.05, 0.1) is 0 Å². The van der Waals surface area contributed by atoms with E-state index in [9.17, 15) is 0 Å². The van der Waals surface area contributed by atoms with Gasteiger partial charge in [0.15, 0.2) is 0 Å². The summed E-state index contributed by atoms with van der Waals surface area (Å²) in [6.45, 7) is 2.29. The molecule has 0 spiro atoms. The van der Waals surface area contributed by atoms with Gasteiger partial charge in [0, 0.05) is 0 Å². The van der Waals surface area contributed by atoms with Crippen LogP contribution in [0.3, 0.4) is 0 Å². The van der Waals surface area contributed by atoms with Crippen LogP contribution in [0.1, 0.15) is 56.9 Å². The minimum atomic E-state index is 0.878. The number of hydrogen-bond acceptors (Lipinski definition) is 0. The van der Waals surface area contributed by atoms with Crippen molar-refractivity contribution in [2.24, 2.45) is 5.92 Å². The van der Waals surface area contributed by atoms with Crippen molar-refractivity contribution in [1.82, 2.24) is 0 Å². The molecule has 0 aliphatic heterocycles. The lowest BCUT2D eigenvalue weighted by Crippen LogP contribution is -2.23. The molecule has 0 nitrogen and oxygen atoms in total. The van der Waals surface area contributed by atoms with E-state index in [0.29, 0.717) is 0 Å². The quantitative estimate of drug-likeness (QED) is 0.604. The molecule has 15 heavy (non-hydrogen) atoms. The van der Waals surface area contributed by atoms with Crippen molar-refractivity contribution >= 4 is 0 Å². The highest BCUT2D eigenvalue weighted by Crippen LogP contribution is 2.45. The molecule has 1 aromatic carbocycles. The Balaban J connectivity index is 1.84. The molecule has 2 atom stereocenters. The summed E-state index contributed by atoms with van der Waals surface area (Å²) in [4.78, 5) is 0. The standard InChI is InChI=1S/C15H22/c1-2-3-5-8-14-11-12-15(14)13-9-6-4-7-10-13/h4,6-7,9-10,14-15H,2-3,5,8,11-12H2,1H3. The summed E-state index contributed by atoms with van der Waals surface area (Å²) >= 11 is 0. The third kappa shape index (κ3) is 2.62. The fourth-order valence-corrected chi connectivity index (χ4v) is 2.71. The molecule has 0 heteroatoms. The zero-order valence-electron chi connectivity index (χ0n) is 9.78. The molecule has 1 aromatic rings. The molecule has 0 bridgehead atoms. The van der Waals surface area contributed by atoms with Crippen LogP contribution in [-0.4, -0.2) is 0 Å². The average Bonchev–Trinajstić information content (AvgIpc) is 2.24. The average molecular weight is 202 g/mol. The zero-order chi connectivity index (χ0) is 10.5. The molecular weight excluding hydrogens is 180 g/mol. The van der Waals surface area contributed by atoms with E-state index in [1.165, 1.54) is 38.5 Å². The first-order valence-electron chi connectivity index (χ1n) is 6.46. The first-order chi connectivity index (χ1) is 7.42. The highest BCUT2D eigenvalue weighted by Gasteiger charge is 2.30. The lowest BCUT2D eigenvalue weighted by molar-refractivity contribution is 0.232. The van der Waals surface area contributed by atoms with Gasteiger partial charge in [0.1, 0.15) is 0 Å². The maximum absolute atomic E-state index is 2.30. The Hall–Kier alpha value is -0.780. The van der Waals surface area contributed by atoms with Gasteiger partial charge in [-0.1, -0.05) is 56.5 Å².